The lowest BCUT2D eigenvalue weighted by Gasteiger charge is -2.25. The Balaban J connectivity index is 1.95. The molecule has 0 fully saturated rings. The van der Waals surface area contributed by atoms with E-state index in [-0.39, 0.29) is 29.8 Å². The lowest BCUT2D eigenvalue weighted by Crippen LogP contribution is -2.46. The molecule has 0 radical (unpaired) electrons. The number of fused-ring (bicyclic) bond motifs is 1. The quantitative estimate of drug-likeness (QED) is 0.895. The van der Waals surface area contributed by atoms with Crippen LogP contribution in [0.15, 0.2) is 24.3 Å². The smallest absolute Gasteiger partial charge is 0.239 e. The molecule has 0 aliphatic heterocycles. The van der Waals surface area contributed by atoms with E-state index in [1.54, 1.807) is 0 Å². The van der Waals surface area contributed by atoms with Gasteiger partial charge in [0.2, 0.25) is 11.8 Å². The first-order valence-corrected chi connectivity index (χ1v) is 7.53. The van der Waals surface area contributed by atoms with Gasteiger partial charge in [0.25, 0.3) is 0 Å². The van der Waals surface area contributed by atoms with Crippen molar-refractivity contribution in [3.8, 4) is 0 Å². The van der Waals surface area contributed by atoms with E-state index in [1.807, 2.05) is 39.0 Å². The predicted octanol–water partition coefficient (Wildman–Crippen LogP) is 2.14. The maximum atomic E-state index is 12.3. The summed E-state index contributed by atoms with van der Waals surface area (Å²) in [4.78, 5) is 24.1. The van der Waals surface area contributed by atoms with E-state index in [0.717, 1.165) is 24.8 Å². The molecule has 2 amide bonds. The van der Waals surface area contributed by atoms with Crippen LogP contribution in [-0.2, 0) is 16.0 Å². The standard InChI is InChI=1S/C17H24N2O2/c1-17(2,3)19-15(20)11-18-16(21)14-10-6-8-12-7-4-5-9-13(12)14/h4-5,7,9,14H,6,8,10-11H2,1-3H3,(H,18,21)(H,19,20). The van der Waals surface area contributed by atoms with E-state index in [4.69, 9.17) is 0 Å². The highest BCUT2D eigenvalue weighted by atomic mass is 16.2. The fourth-order valence-electron chi connectivity index (χ4n) is 2.78. The van der Waals surface area contributed by atoms with Crippen molar-refractivity contribution in [2.24, 2.45) is 0 Å². The van der Waals surface area contributed by atoms with E-state index >= 15 is 0 Å². The summed E-state index contributed by atoms with van der Waals surface area (Å²) in [5.74, 6) is -0.330. The third-order valence-electron chi connectivity index (χ3n) is 3.62. The molecule has 1 atom stereocenters. The molecule has 4 nitrogen and oxygen atoms in total. The predicted molar refractivity (Wildman–Crippen MR) is 83.0 cm³/mol. The van der Waals surface area contributed by atoms with Crippen molar-refractivity contribution in [1.29, 1.82) is 0 Å². The number of carbonyl (C=O) groups excluding carboxylic acids is 2. The van der Waals surface area contributed by atoms with Crippen molar-refractivity contribution in [3.63, 3.8) is 0 Å². The fourth-order valence-corrected chi connectivity index (χ4v) is 2.78. The molecule has 0 aromatic heterocycles. The second-order valence-corrected chi connectivity index (χ2v) is 6.66. The van der Waals surface area contributed by atoms with Gasteiger partial charge in [0.15, 0.2) is 0 Å². The maximum absolute atomic E-state index is 12.3. The van der Waals surface area contributed by atoms with E-state index in [9.17, 15) is 9.59 Å². The van der Waals surface area contributed by atoms with Gasteiger partial charge in [-0.2, -0.15) is 0 Å². The molecule has 1 aliphatic carbocycles. The molecule has 21 heavy (non-hydrogen) atoms. The highest BCUT2D eigenvalue weighted by Crippen LogP contribution is 2.31. The van der Waals surface area contributed by atoms with Gasteiger partial charge in [-0.3, -0.25) is 9.59 Å². The zero-order valence-corrected chi connectivity index (χ0v) is 13.0. The molecular weight excluding hydrogens is 264 g/mol. The van der Waals surface area contributed by atoms with Crippen LogP contribution < -0.4 is 10.6 Å². The topological polar surface area (TPSA) is 58.2 Å². The number of rotatable bonds is 3. The Morgan fingerprint density at radius 1 is 1.24 bits per heavy atom. The lowest BCUT2D eigenvalue weighted by atomic mass is 9.82. The van der Waals surface area contributed by atoms with Crippen LogP contribution in [0, 0.1) is 0 Å². The monoisotopic (exact) mass is 288 g/mol. The molecule has 1 aliphatic rings. The fraction of sp³-hybridized carbons (Fsp3) is 0.529. The van der Waals surface area contributed by atoms with Crippen LogP contribution in [0.3, 0.4) is 0 Å². The largest absolute Gasteiger partial charge is 0.350 e. The molecule has 0 saturated heterocycles. The summed E-state index contributed by atoms with van der Waals surface area (Å²) in [5, 5.41) is 5.61. The molecule has 0 heterocycles. The molecule has 4 heteroatoms. The Hall–Kier alpha value is -1.84. The second kappa shape index (κ2) is 6.29. The second-order valence-electron chi connectivity index (χ2n) is 6.66. The Bertz CT molecular complexity index is 532. The van der Waals surface area contributed by atoms with Crippen molar-refractivity contribution in [2.45, 2.75) is 51.5 Å². The van der Waals surface area contributed by atoms with Crippen LogP contribution in [0.1, 0.15) is 50.7 Å². The zero-order chi connectivity index (χ0) is 15.5. The molecule has 0 spiro atoms. The summed E-state index contributed by atoms with van der Waals surface area (Å²) in [6, 6.07) is 8.09. The number of carbonyl (C=O) groups is 2. The molecule has 2 rings (SSSR count). The van der Waals surface area contributed by atoms with Crippen LogP contribution in [-0.4, -0.2) is 23.9 Å². The summed E-state index contributed by atoms with van der Waals surface area (Å²) in [5.41, 5.74) is 2.08. The first-order chi connectivity index (χ1) is 9.87. The first-order valence-electron chi connectivity index (χ1n) is 7.53. The summed E-state index contributed by atoms with van der Waals surface area (Å²) in [7, 11) is 0. The van der Waals surface area contributed by atoms with Crippen LogP contribution >= 0.6 is 0 Å². The summed E-state index contributed by atoms with van der Waals surface area (Å²) in [6.07, 6.45) is 2.90. The number of amides is 2. The average Bonchev–Trinajstić information content (AvgIpc) is 2.42. The summed E-state index contributed by atoms with van der Waals surface area (Å²) in [6.45, 7) is 5.80. The highest BCUT2D eigenvalue weighted by Gasteiger charge is 2.26. The zero-order valence-electron chi connectivity index (χ0n) is 13.0. The van der Waals surface area contributed by atoms with Crippen molar-refractivity contribution < 1.29 is 9.59 Å². The average molecular weight is 288 g/mol. The number of nitrogens with one attached hydrogen (secondary N) is 2. The molecule has 0 bridgehead atoms. The van der Waals surface area contributed by atoms with Crippen molar-refractivity contribution >= 4 is 11.8 Å². The van der Waals surface area contributed by atoms with Crippen LogP contribution in [0.2, 0.25) is 0 Å². The maximum Gasteiger partial charge on any atom is 0.239 e. The van der Waals surface area contributed by atoms with Gasteiger partial charge in [0.05, 0.1) is 12.5 Å². The summed E-state index contributed by atoms with van der Waals surface area (Å²) < 4.78 is 0. The van der Waals surface area contributed by atoms with Crippen molar-refractivity contribution in [1.82, 2.24) is 10.6 Å². The minimum absolute atomic E-state index is 0.0365. The number of benzene rings is 1. The van der Waals surface area contributed by atoms with Gasteiger partial charge in [-0.05, 0) is 51.2 Å². The third kappa shape index (κ3) is 4.31. The molecular formula is C17H24N2O2. The molecule has 1 unspecified atom stereocenters. The van der Waals surface area contributed by atoms with E-state index in [0.29, 0.717) is 0 Å². The Morgan fingerprint density at radius 2 is 1.95 bits per heavy atom. The molecule has 0 saturated carbocycles. The van der Waals surface area contributed by atoms with Crippen molar-refractivity contribution in [2.75, 3.05) is 6.54 Å². The number of hydrogen-bond acceptors (Lipinski definition) is 2. The minimum Gasteiger partial charge on any atom is -0.350 e. The SMILES string of the molecule is CC(C)(C)NC(=O)CNC(=O)C1CCCc2ccccc21. The van der Waals surface area contributed by atoms with Crippen molar-refractivity contribution in [3.05, 3.63) is 35.4 Å². The van der Waals surface area contributed by atoms with Gasteiger partial charge >= 0.3 is 0 Å². The third-order valence-corrected chi connectivity index (χ3v) is 3.62. The van der Waals surface area contributed by atoms with Crippen LogP contribution in [0.25, 0.3) is 0 Å². The van der Waals surface area contributed by atoms with Gasteiger partial charge in [-0.1, -0.05) is 24.3 Å². The Morgan fingerprint density at radius 3 is 2.67 bits per heavy atom. The van der Waals surface area contributed by atoms with Gasteiger partial charge in [-0.15, -0.1) is 0 Å². The Kier molecular flexibility index (Phi) is 4.66. The highest BCUT2D eigenvalue weighted by molar-refractivity contribution is 5.89. The van der Waals surface area contributed by atoms with Gasteiger partial charge in [-0.25, -0.2) is 0 Å². The Labute approximate surface area is 126 Å². The lowest BCUT2D eigenvalue weighted by molar-refractivity contribution is -0.127. The molecule has 1 aromatic carbocycles. The summed E-state index contributed by atoms with van der Waals surface area (Å²) >= 11 is 0. The first kappa shape index (κ1) is 15.5. The van der Waals surface area contributed by atoms with Crippen LogP contribution in [0.5, 0.6) is 0 Å². The van der Waals surface area contributed by atoms with E-state index < -0.39 is 0 Å². The van der Waals surface area contributed by atoms with E-state index in [2.05, 4.69) is 16.7 Å². The minimum atomic E-state index is -0.279. The molecule has 1 aromatic rings. The number of aryl methyl sites for hydroxylation is 1. The van der Waals surface area contributed by atoms with Gasteiger partial charge < -0.3 is 10.6 Å². The molecule has 114 valence electrons. The molecule has 2 N–H and O–H groups in total. The number of hydrogen-bond donors (Lipinski definition) is 2. The van der Waals surface area contributed by atoms with Gasteiger partial charge in [0, 0.05) is 5.54 Å². The van der Waals surface area contributed by atoms with Crippen LogP contribution in [0.4, 0.5) is 0 Å². The van der Waals surface area contributed by atoms with E-state index in [1.165, 1.54) is 5.56 Å². The van der Waals surface area contributed by atoms with Gasteiger partial charge in [0.1, 0.15) is 0 Å². The normalized spacial score (nSPS) is 17.8.